The first kappa shape index (κ1) is 12.2. The van der Waals surface area contributed by atoms with Gasteiger partial charge in [-0.3, -0.25) is 9.98 Å². The normalized spacial score (nSPS) is 10.8. The maximum atomic E-state index is 12.9. The first-order chi connectivity index (χ1) is 8.74. The van der Waals surface area contributed by atoms with Gasteiger partial charge in [0.05, 0.1) is 11.4 Å². The summed E-state index contributed by atoms with van der Waals surface area (Å²) in [5, 5.41) is 0. The van der Waals surface area contributed by atoms with Crippen LogP contribution in [0.3, 0.4) is 0 Å². The lowest BCUT2D eigenvalue weighted by molar-refractivity contribution is 0.628. The predicted octanol–water partition coefficient (Wildman–Crippen LogP) is 4.55. The third-order valence-electron chi connectivity index (χ3n) is 2.59. The lowest BCUT2D eigenvalue weighted by Crippen LogP contribution is -1.80. The van der Waals surface area contributed by atoms with Crippen molar-refractivity contribution in [1.82, 2.24) is 0 Å². The van der Waals surface area contributed by atoms with Crippen molar-refractivity contribution in [2.45, 2.75) is 6.92 Å². The van der Waals surface area contributed by atoms with Gasteiger partial charge in [0.1, 0.15) is 5.82 Å². The number of benzene rings is 2. The van der Waals surface area contributed by atoms with Crippen LogP contribution in [-0.2, 0) is 0 Å². The van der Waals surface area contributed by atoms with E-state index in [1.807, 2.05) is 25.1 Å². The highest BCUT2D eigenvalue weighted by Crippen LogP contribution is 2.33. The van der Waals surface area contributed by atoms with Crippen LogP contribution in [0.15, 0.2) is 52.4 Å². The van der Waals surface area contributed by atoms with E-state index in [1.165, 1.54) is 12.1 Å². The molecular weight excluding hydrogens is 227 g/mol. The molecule has 2 aromatic rings. The van der Waals surface area contributed by atoms with E-state index in [0.717, 1.165) is 22.5 Å². The van der Waals surface area contributed by atoms with Crippen LogP contribution in [-0.4, -0.2) is 12.9 Å². The Morgan fingerprint density at radius 3 is 2.44 bits per heavy atom. The molecule has 0 N–H and O–H groups in total. The van der Waals surface area contributed by atoms with E-state index in [0.29, 0.717) is 0 Å². The van der Waals surface area contributed by atoms with Crippen LogP contribution in [0.2, 0.25) is 0 Å². The second-order valence-electron chi connectivity index (χ2n) is 3.75. The Balaban J connectivity index is 2.50. The maximum absolute atomic E-state index is 12.9. The molecule has 0 radical (unpaired) electrons. The van der Waals surface area contributed by atoms with Gasteiger partial charge in [-0.25, -0.2) is 4.39 Å². The molecule has 0 aliphatic carbocycles. The van der Waals surface area contributed by atoms with Crippen molar-refractivity contribution in [2.75, 3.05) is 0 Å². The molecule has 3 heteroatoms. The first-order valence-corrected chi connectivity index (χ1v) is 5.60. The van der Waals surface area contributed by atoms with Gasteiger partial charge in [-0.1, -0.05) is 18.2 Å². The van der Waals surface area contributed by atoms with Gasteiger partial charge in [-0.2, -0.15) is 0 Å². The standard InChI is InChI=1S/C15H13FN2/c1-3-18-13-8-9-14(15(10-13)17-2)11-4-6-12(16)7-5-11/h3-10H,2H2,1H3. The molecule has 0 unspecified atom stereocenters. The summed E-state index contributed by atoms with van der Waals surface area (Å²) >= 11 is 0. The minimum Gasteiger partial charge on any atom is -0.264 e. The van der Waals surface area contributed by atoms with Gasteiger partial charge in [0.25, 0.3) is 0 Å². The summed E-state index contributed by atoms with van der Waals surface area (Å²) in [7, 11) is 0. The minimum absolute atomic E-state index is 0.251. The van der Waals surface area contributed by atoms with Crippen molar-refractivity contribution >= 4 is 24.3 Å². The molecule has 0 spiro atoms. The van der Waals surface area contributed by atoms with Crippen molar-refractivity contribution in [3.8, 4) is 11.1 Å². The summed E-state index contributed by atoms with van der Waals surface area (Å²) < 4.78 is 12.9. The van der Waals surface area contributed by atoms with Gasteiger partial charge >= 0.3 is 0 Å². The molecule has 2 nitrogen and oxygen atoms in total. The molecule has 0 aliphatic rings. The summed E-state index contributed by atoms with van der Waals surface area (Å²) in [5.41, 5.74) is 3.39. The SMILES string of the molecule is C=Nc1cc(N=CC)ccc1-c1ccc(F)cc1. The van der Waals surface area contributed by atoms with E-state index in [4.69, 9.17) is 0 Å². The summed E-state index contributed by atoms with van der Waals surface area (Å²) in [5.74, 6) is -0.251. The zero-order valence-electron chi connectivity index (χ0n) is 10.1. The second-order valence-corrected chi connectivity index (χ2v) is 3.75. The number of halogens is 1. The molecule has 0 atom stereocenters. The number of hydrogen-bond acceptors (Lipinski definition) is 2. The fourth-order valence-electron chi connectivity index (χ4n) is 1.75. The van der Waals surface area contributed by atoms with Crippen molar-refractivity contribution < 1.29 is 4.39 Å². The van der Waals surface area contributed by atoms with E-state index >= 15 is 0 Å². The highest BCUT2D eigenvalue weighted by Gasteiger charge is 2.05. The molecule has 90 valence electrons. The second kappa shape index (κ2) is 5.36. The summed E-state index contributed by atoms with van der Waals surface area (Å²) in [6, 6.07) is 12.0. The highest BCUT2D eigenvalue weighted by molar-refractivity contribution is 5.80. The van der Waals surface area contributed by atoms with Crippen molar-refractivity contribution in [3.63, 3.8) is 0 Å². The summed E-state index contributed by atoms with van der Waals surface area (Å²) in [6.45, 7) is 5.42. The Kier molecular flexibility index (Phi) is 3.63. The van der Waals surface area contributed by atoms with Crippen molar-refractivity contribution in [1.29, 1.82) is 0 Å². The Morgan fingerprint density at radius 1 is 1.11 bits per heavy atom. The van der Waals surface area contributed by atoms with Gasteiger partial charge < -0.3 is 0 Å². The molecule has 0 aliphatic heterocycles. The number of rotatable bonds is 3. The van der Waals surface area contributed by atoms with Gasteiger partial charge in [0.15, 0.2) is 0 Å². The Hall–Kier alpha value is -2.29. The van der Waals surface area contributed by atoms with Gasteiger partial charge in [0, 0.05) is 11.8 Å². The molecular formula is C15H13FN2. The van der Waals surface area contributed by atoms with Crippen LogP contribution in [0.5, 0.6) is 0 Å². The van der Waals surface area contributed by atoms with Crippen LogP contribution in [0, 0.1) is 5.82 Å². The summed E-state index contributed by atoms with van der Waals surface area (Å²) in [4.78, 5) is 8.19. The van der Waals surface area contributed by atoms with E-state index in [2.05, 4.69) is 16.7 Å². The average Bonchev–Trinajstić information content (AvgIpc) is 2.40. The van der Waals surface area contributed by atoms with Crippen molar-refractivity contribution in [3.05, 3.63) is 48.3 Å². The third kappa shape index (κ3) is 2.51. The fourth-order valence-corrected chi connectivity index (χ4v) is 1.75. The Bertz CT molecular complexity index is 586. The molecule has 0 fully saturated rings. The van der Waals surface area contributed by atoms with Crippen molar-refractivity contribution in [2.24, 2.45) is 9.98 Å². The van der Waals surface area contributed by atoms with Crippen LogP contribution in [0.25, 0.3) is 11.1 Å². The molecule has 0 saturated heterocycles. The zero-order valence-corrected chi connectivity index (χ0v) is 10.1. The number of nitrogens with zero attached hydrogens (tertiary/aromatic N) is 2. The maximum Gasteiger partial charge on any atom is 0.123 e. The quantitative estimate of drug-likeness (QED) is 0.703. The fraction of sp³-hybridized carbons (Fsp3) is 0.0667. The molecule has 0 aromatic heterocycles. The Morgan fingerprint density at radius 2 is 1.83 bits per heavy atom. The average molecular weight is 240 g/mol. The van der Waals surface area contributed by atoms with E-state index in [-0.39, 0.29) is 5.82 Å². The number of aliphatic imine (C=N–C) groups is 2. The van der Waals surface area contributed by atoms with Crippen LogP contribution < -0.4 is 0 Å². The Labute approximate surface area is 106 Å². The predicted molar refractivity (Wildman–Crippen MR) is 74.9 cm³/mol. The highest BCUT2D eigenvalue weighted by atomic mass is 19.1. The zero-order chi connectivity index (χ0) is 13.0. The van der Waals surface area contributed by atoms with Crippen LogP contribution >= 0.6 is 0 Å². The molecule has 0 heterocycles. The van der Waals surface area contributed by atoms with E-state index in [1.54, 1.807) is 18.3 Å². The third-order valence-corrected chi connectivity index (χ3v) is 2.59. The molecule has 18 heavy (non-hydrogen) atoms. The van der Waals surface area contributed by atoms with E-state index in [9.17, 15) is 4.39 Å². The van der Waals surface area contributed by atoms with Crippen LogP contribution in [0.4, 0.5) is 15.8 Å². The molecule has 0 saturated carbocycles. The van der Waals surface area contributed by atoms with Gasteiger partial charge in [-0.15, -0.1) is 0 Å². The summed E-state index contributed by atoms with van der Waals surface area (Å²) in [6.07, 6.45) is 1.72. The smallest absolute Gasteiger partial charge is 0.123 e. The van der Waals surface area contributed by atoms with Gasteiger partial charge in [-0.05, 0) is 43.5 Å². The lowest BCUT2D eigenvalue weighted by atomic mass is 10.0. The lowest BCUT2D eigenvalue weighted by Gasteiger charge is -2.06. The van der Waals surface area contributed by atoms with Gasteiger partial charge in [0.2, 0.25) is 0 Å². The molecule has 0 amide bonds. The molecule has 0 bridgehead atoms. The number of hydrogen-bond donors (Lipinski definition) is 0. The monoisotopic (exact) mass is 240 g/mol. The van der Waals surface area contributed by atoms with E-state index < -0.39 is 0 Å². The first-order valence-electron chi connectivity index (χ1n) is 5.60. The van der Waals surface area contributed by atoms with Crippen LogP contribution in [0.1, 0.15) is 6.92 Å². The molecule has 2 aromatic carbocycles. The largest absolute Gasteiger partial charge is 0.264 e. The topological polar surface area (TPSA) is 24.7 Å². The minimum atomic E-state index is -0.251. The molecule has 2 rings (SSSR count).